The number of rotatable bonds is 7. The fraction of sp³-hybridized carbons (Fsp3) is 0.519. The first-order chi connectivity index (χ1) is 19.6. The van der Waals surface area contributed by atoms with Crippen molar-refractivity contribution in [1.82, 2.24) is 9.88 Å². The molecule has 2 N–H and O–H groups in total. The van der Waals surface area contributed by atoms with Gasteiger partial charge in [-0.15, -0.1) is 0 Å². The Morgan fingerprint density at radius 3 is 2.36 bits per heavy atom. The summed E-state index contributed by atoms with van der Waals surface area (Å²) in [5, 5.41) is 22.0. The van der Waals surface area contributed by atoms with E-state index in [1.807, 2.05) is 13.0 Å². The van der Waals surface area contributed by atoms with Gasteiger partial charge in [-0.3, -0.25) is 4.79 Å². The van der Waals surface area contributed by atoms with Crippen LogP contribution in [-0.2, 0) is 16.0 Å². The van der Waals surface area contributed by atoms with Gasteiger partial charge >= 0.3 is 12.4 Å². The third-order valence-electron chi connectivity index (χ3n) is 7.52. The summed E-state index contributed by atoms with van der Waals surface area (Å²) in [4.78, 5) is 18.0. The number of fused-ring (bicyclic) bond motifs is 2. The van der Waals surface area contributed by atoms with Crippen molar-refractivity contribution in [3.8, 4) is 11.8 Å². The number of halogens is 7. The molecule has 2 aliphatic heterocycles. The number of piperidine rings is 1. The predicted octanol–water partition coefficient (Wildman–Crippen LogP) is 5.32. The molecular weight excluding hydrogens is 594 g/mol. The lowest BCUT2D eigenvalue weighted by molar-refractivity contribution is -0.367. The Morgan fingerprint density at radius 1 is 1.21 bits per heavy atom. The third kappa shape index (κ3) is 6.09. The first-order valence-electron chi connectivity index (χ1n) is 12.9. The zero-order chi connectivity index (χ0) is 31.0. The zero-order valence-corrected chi connectivity index (χ0v) is 23.2. The Labute approximate surface area is 242 Å². The molecule has 15 heteroatoms. The van der Waals surface area contributed by atoms with Gasteiger partial charge in [-0.25, -0.2) is 4.98 Å². The number of carbonyl (C=O) groups excluding carboxylic acids is 1. The highest BCUT2D eigenvalue weighted by molar-refractivity contribution is 6.33. The summed E-state index contributed by atoms with van der Waals surface area (Å²) < 4.78 is 91.2. The molecule has 1 amide bonds. The number of aryl methyl sites for hydroxylation is 1. The monoisotopic (exact) mass is 620 g/mol. The van der Waals surface area contributed by atoms with E-state index in [1.54, 1.807) is 25.3 Å². The number of pyridine rings is 1. The second-order valence-corrected chi connectivity index (χ2v) is 10.7. The van der Waals surface area contributed by atoms with Gasteiger partial charge in [-0.1, -0.05) is 18.5 Å². The number of anilines is 2. The molecule has 8 nitrogen and oxygen atoms in total. The van der Waals surface area contributed by atoms with Crippen LogP contribution in [0.15, 0.2) is 24.4 Å². The average Bonchev–Trinajstić information content (AvgIpc) is 2.90. The van der Waals surface area contributed by atoms with Gasteiger partial charge in [0.15, 0.2) is 0 Å². The first-order valence-corrected chi connectivity index (χ1v) is 13.3. The van der Waals surface area contributed by atoms with Crippen molar-refractivity contribution < 1.29 is 45.7 Å². The molecule has 2 atom stereocenters. The quantitative estimate of drug-likeness (QED) is 0.404. The molecule has 2 aromatic rings. The summed E-state index contributed by atoms with van der Waals surface area (Å²) in [5.41, 5.74) is -2.92. The van der Waals surface area contributed by atoms with Crippen LogP contribution in [0, 0.1) is 30.1 Å². The van der Waals surface area contributed by atoms with Crippen molar-refractivity contribution in [2.75, 3.05) is 31.6 Å². The van der Waals surface area contributed by atoms with Gasteiger partial charge in [0.25, 0.3) is 5.60 Å². The molecule has 2 unspecified atom stereocenters. The number of alkyl halides is 6. The molecule has 0 spiro atoms. The average molecular weight is 621 g/mol. The molecule has 2 aliphatic rings. The molecule has 3 heterocycles. The minimum atomic E-state index is -6.09. The van der Waals surface area contributed by atoms with Crippen LogP contribution in [0.4, 0.5) is 37.8 Å². The first kappa shape index (κ1) is 31.7. The second kappa shape index (κ2) is 11.8. The van der Waals surface area contributed by atoms with Crippen LogP contribution in [0.5, 0.6) is 5.75 Å². The number of nitriles is 1. The number of aromatic nitrogens is 1. The van der Waals surface area contributed by atoms with E-state index in [2.05, 4.69) is 10.3 Å². The molecular formula is C27H27ClF6N4O4. The number of likely N-dealkylation sites (tertiary alicyclic amines) is 1. The third-order valence-corrected chi connectivity index (χ3v) is 7.84. The molecule has 1 aromatic carbocycles. The lowest BCUT2D eigenvalue weighted by Crippen LogP contribution is -2.62. The number of amides is 1. The second-order valence-electron chi connectivity index (χ2n) is 10.3. The Bertz CT molecular complexity index is 1350. The summed E-state index contributed by atoms with van der Waals surface area (Å²) in [5.74, 6) is -1.69. The molecule has 2 saturated heterocycles. The molecule has 0 radical (unpaired) electrons. The highest BCUT2D eigenvalue weighted by Crippen LogP contribution is 2.46. The summed E-state index contributed by atoms with van der Waals surface area (Å²) in [6.45, 7) is 3.34. The lowest BCUT2D eigenvalue weighted by atomic mass is 9.83. The van der Waals surface area contributed by atoms with Gasteiger partial charge in [0.2, 0.25) is 5.91 Å². The number of carbonyl (C=O) groups is 1. The van der Waals surface area contributed by atoms with Crippen LogP contribution in [-0.4, -0.2) is 71.3 Å². The van der Waals surface area contributed by atoms with E-state index >= 15 is 0 Å². The van der Waals surface area contributed by atoms with Crippen LogP contribution < -0.4 is 10.1 Å². The SMILES string of the molecule is CCc1cnc(Nc2ccc(C#N)cc2Cl)c(C)c1OC1C2COCC1CN(C(=O)CC(O)(C(F)(F)F)C(F)(F)F)C2. The minimum absolute atomic E-state index is 0.0608. The summed E-state index contributed by atoms with van der Waals surface area (Å²) in [6.07, 6.45) is -12.8. The van der Waals surface area contributed by atoms with Crippen molar-refractivity contribution in [2.24, 2.45) is 11.8 Å². The van der Waals surface area contributed by atoms with Gasteiger partial charge in [0.1, 0.15) is 17.7 Å². The molecule has 4 rings (SSSR count). The molecule has 228 valence electrons. The summed E-state index contributed by atoms with van der Waals surface area (Å²) in [7, 11) is 0. The summed E-state index contributed by atoms with van der Waals surface area (Å²) in [6, 6.07) is 6.71. The number of nitrogens with zero attached hydrogens (tertiary/aromatic N) is 3. The van der Waals surface area contributed by atoms with Crippen LogP contribution in [0.2, 0.25) is 5.02 Å². The van der Waals surface area contributed by atoms with Crippen molar-refractivity contribution >= 4 is 29.0 Å². The molecule has 0 saturated carbocycles. The normalized spacial score (nSPS) is 21.1. The number of hydrogen-bond donors (Lipinski definition) is 2. The molecule has 2 fully saturated rings. The Morgan fingerprint density at radius 2 is 1.83 bits per heavy atom. The number of aliphatic hydroxyl groups is 1. The van der Waals surface area contributed by atoms with E-state index < -0.39 is 48.2 Å². The van der Waals surface area contributed by atoms with Crippen LogP contribution >= 0.6 is 11.6 Å². The van der Waals surface area contributed by atoms with Gasteiger partial charge < -0.3 is 24.8 Å². The summed E-state index contributed by atoms with van der Waals surface area (Å²) >= 11 is 6.30. The number of hydrogen-bond acceptors (Lipinski definition) is 7. The number of ether oxygens (including phenoxy) is 2. The molecule has 2 bridgehead atoms. The van der Waals surface area contributed by atoms with Crippen molar-refractivity contribution in [3.05, 3.63) is 46.1 Å². The molecule has 42 heavy (non-hydrogen) atoms. The fourth-order valence-corrected chi connectivity index (χ4v) is 5.35. The van der Waals surface area contributed by atoms with Crippen LogP contribution in [0.1, 0.15) is 30.0 Å². The van der Waals surface area contributed by atoms with Crippen molar-refractivity contribution in [3.63, 3.8) is 0 Å². The van der Waals surface area contributed by atoms with E-state index in [0.717, 1.165) is 10.5 Å². The standard InChI is InChI=1S/C27H27ClF6N4O4/c1-3-16-9-36-24(37-20-5-4-15(8-35)6-19(20)28)14(2)22(16)42-23-17-10-38(11-18(23)13-41-12-17)21(39)7-25(40,26(29,30)31)27(32,33)34/h4-6,9,17-18,23,40H,3,7,10-13H2,1-2H3,(H,36,37). The predicted molar refractivity (Wildman–Crippen MR) is 138 cm³/mol. The highest BCUT2D eigenvalue weighted by Gasteiger charge is 2.71. The van der Waals surface area contributed by atoms with Crippen LogP contribution in [0.3, 0.4) is 0 Å². The van der Waals surface area contributed by atoms with E-state index in [4.69, 9.17) is 26.3 Å². The van der Waals surface area contributed by atoms with E-state index in [0.29, 0.717) is 39.8 Å². The van der Waals surface area contributed by atoms with Gasteiger partial charge in [0.05, 0.1) is 42.0 Å². The largest absolute Gasteiger partial charge is 0.489 e. The Hall–Kier alpha value is -3.28. The highest BCUT2D eigenvalue weighted by atomic mass is 35.5. The lowest BCUT2D eigenvalue weighted by Gasteiger charge is -2.47. The zero-order valence-electron chi connectivity index (χ0n) is 22.4. The van der Waals surface area contributed by atoms with Crippen molar-refractivity contribution in [1.29, 1.82) is 5.26 Å². The van der Waals surface area contributed by atoms with Gasteiger partial charge in [-0.05, 0) is 31.5 Å². The van der Waals surface area contributed by atoms with E-state index in [9.17, 15) is 36.2 Å². The minimum Gasteiger partial charge on any atom is -0.489 e. The topological polar surface area (TPSA) is 108 Å². The van der Waals surface area contributed by atoms with Gasteiger partial charge in [0, 0.05) is 42.2 Å². The van der Waals surface area contributed by atoms with E-state index in [-0.39, 0.29) is 26.3 Å². The van der Waals surface area contributed by atoms with Gasteiger partial charge in [-0.2, -0.15) is 31.6 Å². The van der Waals surface area contributed by atoms with Crippen molar-refractivity contribution in [2.45, 2.75) is 50.7 Å². The molecule has 1 aromatic heterocycles. The Balaban J connectivity index is 1.55. The smallest absolute Gasteiger partial charge is 0.426 e. The number of benzene rings is 1. The number of nitrogens with one attached hydrogen (secondary N) is 1. The van der Waals surface area contributed by atoms with Crippen LogP contribution in [0.25, 0.3) is 0 Å². The maximum atomic E-state index is 13.2. The maximum absolute atomic E-state index is 13.2. The van der Waals surface area contributed by atoms with E-state index in [1.165, 1.54) is 6.07 Å². The Kier molecular flexibility index (Phi) is 8.87. The maximum Gasteiger partial charge on any atom is 0.426 e. The molecule has 0 aliphatic carbocycles. The fourth-order valence-electron chi connectivity index (χ4n) is 5.13.